The third kappa shape index (κ3) is 3.36. The van der Waals surface area contributed by atoms with Crippen molar-refractivity contribution in [2.75, 3.05) is 0 Å². The van der Waals surface area contributed by atoms with E-state index < -0.39 is 0 Å². The number of aromatic nitrogens is 4. The van der Waals surface area contributed by atoms with Crippen molar-refractivity contribution < 1.29 is 0 Å². The topological polar surface area (TPSA) is 43.6 Å². The first-order chi connectivity index (χ1) is 9.15. The SMILES string of the molecule is CCc1nn(CC)c(CSc2ncc(C)cn2)c1Br. The van der Waals surface area contributed by atoms with Gasteiger partial charge in [-0.3, -0.25) is 4.68 Å². The van der Waals surface area contributed by atoms with Crippen LogP contribution < -0.4 is 0 Å². The number of hydrogen-bond acceptors (Lipinski definition) is 4. The van der Waals surface area contributed by atoms with Gasteiger partial charge in [-0.2, -0.15) is 5.10 Å². The maximum absolute atomic E-state index is 4.59. The first-order valence-electron chi connectivity index (χ1n) is 6.31. The summed E-state index contributed by atoms with van der Waals surface area (Å²) in [4.78, 5) is 8.62. The van der Waals surface area contributed by atoms with Crippen LogP contribution in [-0.2, 0) is 18.7 Å². The summed E-state index contributed by atoms with van der Waals surface area (Å²) in [7, 11) is 0. The second kappa shape index (κ2) is 6.52. The summed E-state index contributed by atoms with van der Waals surface area (Å²) in [5.41, 5.74) is 3.40. The van der Waals surface area contributed by atoms with Gasteiger partial charge in [0, 0.05) is 24.7 Å². The Hall–Kier alpha value is -0.880. The number of thioether (sulfide) groups is 1. The minimum atomic E-state index is 0.805. The molecule has 2 heterocycles. The van der Waals surface area contributed by atoms with Gasteiger partial charge in [-0.05, 0) is 41.8 Å². The highest BCUT2D eigenvalue weighted by Crippen LogP contribution is 2.28. The van der Waals surface area contributed by atoms with Crippen LogP contribution in [0.5, 0.6) is 0 Å². The number of aryl methyl sites for hydroxylation is 3. The molecule has 0 bridgehead atoms. The zero-order chi connectivity index (χ0) is 13.8. The van der Waals surface area contributed by atoms with Crippen LogP contribution in [0, 0.1) is 6.92 Å². The van der Waals surface area contributed by atoms with E-state index in [2.05, 4.69) is 44.8 Å². The lowest BCUT2D eigenvalue weighted by Crippen LogP contribution is -2.02. The summed E-state index contributed by atoms with van der Waals surface area (Å²) in [5, 5.41) is 5.39. The van der Waals surface area contributed by atoms with Gasteiger partial charge in [0.25, 0.3) is 0 Å². The fourth-order valence-corrected chi connectivity index (χ4v) is 3.45. The van der Waals surface area contributed by atoms with Crippen molar-refractivity contribution in [3.8, 4) is 0 Å². The highest BCUT2D eigenvalue weighted by atomic mass is 79.9. The van der Waals surface area contributed by atoms with Crippen molar-refractivity contribution in [3.05, 3.63) is 33.8 Å². The van der Waals surface area contributed by atoms with E-state index in [0.29, 0.717) is 0 Å². The van der Waals surface area contributed by atoms with E-state index in [1.54, 1.807) is 11.8 Å². The standard InChI is InChI=1S/C13H17BrN4S/c1-4-10-12(14)11(18(5-2)17-10)8-19-13-15-6-9(3)7-16-13/h6-7H,4-5,8H2,1-3H3. The van der Waals surface area contributed by atoms with E-state index in [1.165, 1.54) is 5.69 Å². The number of halogens is 1. The van der Waals surface area contributed by atoms with E-state index in [-0.39, 0.29) is 0 Å². The third-order valence-electron chi connectivity index (χ3n) is 2.79. The van der Waals surface area contributed by atoms with Crippen LogP contribution >= 0.6 is 27.7 Å². The van der Waals surface area contributed by atoms with Gasteiger partial charge in [0.2, 0.25) is 0 Å². The molecule has 0 saturated carbocycles. The second-order valence-corrected chi connectivity index (χ2v) is 5.94. The first kappa shape index (κ1) is 14.5. The smallest absolute Gasteiger partial charge is 0.187 e. The Morgan fingerprint density at radius 1 is 1.26 bits per heavy atom. The molecule has 0 atom stereocenters. The van der Waals surface area contributed by atoms with Crippen LogP contribution in [-0.4, -0.2) is 19.7 Å². The van der Waals surface area contributed by atoms with Gasteiger partial charge < -0.3 is 0 Å². The van der Waals surface area contributed by atoms with Crippen molar-refractivity contribution >= 4 is 27.7 Å². The van der Waals surface area contributed by atoms with E-state index in [1.807, 2.05) is 24.0 Å². The molecule has 2 aromatic rings. The lowest BCUT2D eigenvalue weighted by atomic mass is 10.3. The molecular weight excluding hydrogens is 324 g/mol. The monoisotopic (exact) mass is 340 g/mol. The predicted octanol–water partition coefficient (Wildman–Crippen LogP) is 3.62. The van der Waals surface area contributed by atoms with Crippen LogP contribution in [0.15, 0.2) is 22.0 Å². The molecule has 0 aliphatic carbocycles. The summed E-state index contributed by atoms with van der Waals surface area (Å²) in [5.74, 6) is 0.824. The summed E-state index contributed by atoms with van der Waals surface area (Å²) in [6, 6.07) is 0. The summed E-state index contributed by atoms with van der Waals surface area (Å²) in [6.07, 6.45) is 4.63. The normalized spacial score (nSPS) is 10.9. The third-order valence-corrected chi connectivity index (χ3v) is 4.59. The van der Waals surface area contributed by atoms with Crippen molar-refractivity contribution in [1.82, 2.24) is 19.7 Å². The summed E-state index contributed by atoms with van der Waals surface area (Å²) >= 11 is 5.29. The zero-order valence-corrected chi connectivity index (χ0v) is 13.8. The van der Waals surface area contributed by atoms with Gasteiger partial charge in [-0.15, -0.1) is 0 Å². The molecule has 0 spiro atoms. The zero-order valence-electron chi connectivity index (χ0n) is 11.4. The van der Waals surface area contributed by atoms with Gasteiger partial charge in [0.05, 0.1) is 15.9 Å². The lowest BCUT2D eigenvalue weighted by Gasteiger charge is -2.04. The van der Waals surface area contributed by atoms with E-state index in [9.17, 15) is 0 Å². The highest BCUT2D eigenvalue weighted by molar-refractivity contribution is 9.10. The van der Waals surface area contributed by atoms with E-state index in [4.69, 9.17) is 0 Å². The van der Waals surface area contributed by atoms with Crippen LogP contribution in [0.4, 0.5) is 0 Å². The van der Waals surface area contributed by atoms with Crippen molar-refractivity contribution in [3.63, 3.8) is 0 Å². The predicted molar refractivity (Wildman–Crippen MR) is 81.3 cm³/mol. The van der Waals surface area contributed by atoms with Crippen LogP contribution in [0.1, 0.15) is 30.8 Å². The minimum absolute atomic E-state index is 0.805. The number of hydrogen-bond donors (Lipinski definition) is 0. The quantitative estimate of drug-likeness (QED) is 0.615. The molecule has 2 rings (SSSR count). The average Bonchev–Trinajstić information content (AvgIpc) is 2.74. The molecule has 2 aromatic heterocycles. The Labute approximate surface area is 126 Å². The molecule has 0 radical (unpaired) electrons. The summed E-state index contributed by atoms with van der Waals surface area (Å²) in [6.45, 7) is 7.09. The van der Waals surface area contributed by atoms with Gasteiger partial charge in [-0.1, -0.05) is 18.7 Å². The Balaban J connectivity index is 2.14. The molecule has 0 amide bonds. The second-order valence-electron chi connectivity index (χ2n) is 4.21. The maximum Gasteiger partial charge on any atom is 0.187 e. The molecule has 19 heavy (non-hydrogen) atoms. The number of nitrogens with zero attached hydrogens (tertiary/aromatic N) is 4. The van der Waals surface area contributed by atoms with Crippen LogP contribution in [0.3, 0.4) is 0 Å². The van der Waals surface area contributed by atoms with Crippen LogP contribution in [0.25, 0.3) is 0 Å². The first-order valence-corrected chi connectivity index (χ1v) is 8.09. The van der Waals surface area contributed by atoms with E-state index in [0.717, 1.165) is 39.6 Å². The van der Waals surface area contributed by atoms with Crippen molar-refractivity contribution in [1.29, 1.82) is 0 Å². The molecule has 0 fully saturated rings. The highest BCUT2D eigenvalue weighted by Gasteiger charge is 2.14. The molecule has 102 valence electrons. The van der Waals surface area contributed by atoms with Gasteiger partial charge >= 0.3 is 0 Å². The molecule has 0 unspecified atom stereocenters. The molecule has 0 aromatic carbocycles. The van der Waals surface area contributed by atoms with Crippen molar-refractivity contribution in [2.24, 2.45) is 0 Å². The molecule has 4 nitrogen and oxygen atoms in total. The molecule has 0 N–H and O–H groups in total. The fourth-order valence-electron chi connectivity index (χ4n) is 1.74. The largest absolute Gasteiger partial charge is 0.268 e. The van der Waals surface area contributed by atoms with Crippen molar-refractivity contribution in [2.45, 2.75) is 44.6 Å². The Bertz CT molecular complexity index is 551. The van der Waals surface area contributed by atoms with Crippen LogP contribution in [0.2, 0.25) is 0 Å². The molecule has 0 aliphatic rings. The molecule has 6 heteroatoms. The van der Waals surface area contributed by atoms with Gasteiger partial charge in [0.1, 0.15) is 0 Å². The Morgan fingerprint density at radius 2 is 1.95 bits per heavy atom. The summed E-state index contributed by atoms with van der Waals surface area (Å²) < 4.78 is 3.17. The molecular formula is C13H17BrN4S. The molecule has 0 aliphatic heterocycles. The number of rotatable bonds is 5. The van der Waals surface area contributed by atoms with Gasteiger partial charge in [0.15, 0.2) is 5.16 Å². The lowest BCUT2D eigenvalue weighted by molar-refractivity contribution is 0.627. The average molecular weight is 341 g/mol. The van der Waals surface area contributed by atoms with Gasteiger partial charge in [-0.25, -0.2) is 9.97 Å². The molecule has 0 saturated heterocycles. The van der Waals surface area contributed by atoms with E-state index >= 15 is 0 Å². The Kier molecular flexibility index (Phi) is 4.99. The minimum Gasteiger partial charge on any atom is -0.268 e. The fraction of sp³-hybridized carbons (Fsp3) is 0.462. The Morgan fingerprint density at radius 3 is 2.53 bits per heavy atom. The maximum atomic E-state index is 4.59.